The summed E-state index contributed by atoms with van der Waals surface area (Å²) in [4.78, 5) is 0. The van der Waals surface area contributed by atoms with Gasteiger partial charge in [0.15, 0.2) is 0 Å². The first kappa shape index (κ1) is 14.2. The van der Waals surface area contributed by atoms with Crippen molar-refractivity contribution in [3.05, 3.63) is 69.7 Å². The van der Waals surface area contributed by atoms with E-state index < -0.39 is 0 Å². The Hall–Kier alpha value is -1.26. The van der Waals surface area contributed by atoms with Crippen LogP contribution in [0.5, 0.6) is 0 Å². The smallest absolute Gasteiger partial charge is 0.128 e. The van der Waals surface area contributed by atoms with E-state index in [1.165, 1.54) is 18.2 Å². The van der Waals surface area contributed by atoms with Crippen molar-refractivity contribution in [3.63, 3.8) is 0 Å². The Bertz CT molecular complexity index is 555. The molecule has 0 bridgehead atoms. The standard InChI is InChI=1S/C15H14BrF2N/c1-10(11-3-6-14(17)7-4-11)19-9-12-2-5-13(16)8-15(12)18/h2-8,10,19H,9H2,1H3/t10-/m0/s1. The van der Waals surface area contributed by atoms with Gasteiger partial charge in [0, 0.05) is 22.6 Å². The molecule has 0 radical (unpaired) electrons. The van der Waals surface area contributed by atoms with Gasteiger partial charge in [-0.15, -0.1) is 0 Å². The molecule has 2 aromatic rings. The van der Waals surface area contributed by atoms with Crippen molar-refractivity contribution in [1.29, 1.82) is 0 Å². The van der Waals surface area contributed by atoms with E-state index in [1.807, 2.05) is 13.0 Å². The van der Waals surface area contributed by atoms with Crippen molar-refractivity contribution < 1.29 is 8.78 Å². The summed E-state index contributed by atoms with van der Waals surface area (Å²) >= 11 is 3.22. The third-order valence-corrected chi connectivity index (χ3v) is 3.48. The van der Waals surface area contributed by atoms with Crippen LogP contribution in [0, 0.1) is 11.6 Å². The topological polar surface area (TPSA) is 12.0 Å². The molecular weight excluding hydrogens is 312 g/mol. The molecule has 0 fully saturated rings. The molecule has 0 amide bonds. The molecule has 1 nitrogen and oxygen atoms in total. The van der Waals surface area contributed by atoms with Crippen molar-refractivity contribution in [2.45, 2.75) is 19.5 Å². The SMILES string of the molecule is C[C@H](NCc1ccc(Br)cc1F)c1ccc(F)cc1. The van der Waals surface area contributed by atoms with E-state index in [0.717, 1.165) is 10.0 Å². The molecule has 1 atom stereocenters. The van der Waals surface area contributed by atoms with Crippen molar-refractivity contribution in [2.75, 3.05) is 0 Å². The summed E-state index contributed by atoms with van der Waals surface area (Å²) in [6.45, 7) is 2.39. The molecule has 2 rings (SSSR count). The van der Waals surface area contributed by atoms with Gasteiger partial charge in [-0.05, 0) is 36.8 Å². The summed E-state index contributed by atoms with van der Waals surface area (Å²) in [6.07, 6.45) is 0. The molecule has 100 valence electrons. The van der Waals surface area contributed by atoms with Crippen LogP contribution in [0.2, 0.25) is 0 Å². The molecule has 0 aliphatic carbocycles. The van der Waals surface area contributed by atoms with Gasteiger partial charge in [0.1, 0.15) is 11.6 Å². The molecule has 0 saturated carbocycles. The van der Waals surface area contributed by atoms with Gasteiger partial charge in [0.25, 0.3) is 0 Å². The largest absolute Gasteiger partial charge is 0.306 e. The zero-order chi connectivity index (χ0) is 13.8. The van der Waals surface area contributed by atoms with Gasteiger partial charge >= 0.3 is 0 Å². The number of halogens is 3. The molecule has 19 heavy (non-hydrogen) atoms. The molecule has 0 heterocycles. The third-order valence-electron chi connectivity index (χ3n) is 2.98. The Morgan fingerprint density at radius 1 is 1.11 bits per heavy atom. The van der Waals surface area contributed by atoms with Crippen molar-refractivity contribution in [2.24, 2.45) is 0 Å². The van der Waals surface area contributed by atoms with Crippen molar-refractivity contribution >= 4 is 15.9 Å². The monoisotopic (exact) mass is 325 g/mol. The quantitative estimate of drug-likeness (QED) is 0.867. The predicted molar refractivity (Wildman–Crippen MR) is 75.8 cm³/mol. The molecule has 0 spiro atoms. The lowest BCUT2D eigenvalue weighted by atomic mass is 10.1. The van der Waals surface area contributed by atoms with E-state index in [4.69, 9.17) is 0 Å². The number of hydrogen-bond acceptors (Lipinski definition) is 1. The molecule has 0 aliphatic rings. The first-order valence-electron chi connectivity index (χ1n) is 5.99. The van der Waals surface area contributed by atoms with Gasteiger partial charge in [-0.2, -0.15) is 0 Å². The van der Waals surface area contributed by atoms with Gasteiger partial charge in [-0.1, -0.05) is 34.1 Å². The Balaban J connectivity index is 2.00. The number of hydrogen-bond donors (Lipinski definition) is 1. The summed E-state index contributed by atoms with van der Waals surface area (Å²) in [6, 6.07) is 11.3. The van der Waals surface area contributed by atoms with Gasteiger partial charge in [-0.25, -0.2) is 8.78 Å². The first-order chi connectivity index (χ1) is 9.06. The van der Waals surface area contributed by atoms with Crippen molar-refractivity contribution in [1.82, 2.24) is 5.32 Å². The molecule has 0 aliphatic heterocycles. The number of benzene rings is 2. The highest BCUT2D eigenvalue weighted by atomic mass is 79.9. The lowest BCUT2D eigenvalue weighted by Crippen LogP contribution is -2.18. The van der Waals surface area contributed by atoms with Crippen LogP contribution in [-0.2, 0) is 6.54 Å². The Labute approximate surface area is 119 Å². The first-order valence-corrected chi connectivity index (χ1v) is 6.78. The molecule has 0 unspecified atom stereocenters. The van der Waals surface area contributed by atoms with Crippen LogP contribution in [-0.4, -0.2) is 0 Å². The highest BCUT2D eigenvalue weighted by Gasteiger charge is 2.07. The average Bonchev–Trinajstić information content (AvgIpc) is 2.38. The normalized spacial score (nSPS) is 12.4. The van der Waals surface area contributed by atoms with Crippen LogP contribution < -0.4 is 5.32 Å². The molecule has 2 aromatic carbocycles. The lowest BCUT2D eigenvalue weighted by Gasteiger charge is -2.14. The lowest BCUT2D eigenvalue weighted by molar-refractivity contribution is 0.542. The zero-order valence-corrected chi connectivity index (χ0v) is 12.0. The maximum atomic E-state index is 13.6. The van der Waals surface area contributed by atoms with E-state index >= 15 is 0 Å². The fraction of sp³-hybridized carbons (Fsp3) is 0.200. The summed E-state index contributed by atoms with van der Waals surface area (Å²) in [5, 5.41) is 3.22. The summed E-state index contributed by atoms with van der Waals surface area (Å²) in [7, 11) is 0. The fourth-order valence-electron chi connectivity index (χ4n) is 1.80. The van der Waals surface area contributed by atoms with Crippen LogP contribution in [0.15, 0.2) is 46.9 Å². The van der Waals surface area contributed by atoms with Crippen LogP contribution in [0.3, 0.4) is 0 Å². The maximum Gasteiger partial charge on any atom is 0.128 e. The molecular formula is C15H14BrF2N. The van der Waals surface area contributed by atoms with E-state index in [-0.39, 0.29) is 17.7 Å². The minimum Gasteiger partial charge on any atom is -0.306 e. The van der Waals surface area contributed by atoms with Crippen LogP contribution in [0.25, 0.3) is 0 Å². The fourth-order valence-corrected chi connectivity index (χ4v) is 2.13. The summed E-state index contributed by atoms with van der Waals surface area (Å²) in [5.74, 6) is -0.497. The predicted octanol–water partition coefficient (Wildman–Crippen LogP) is 4.58. The Morgan fingerprint density at radius 3 is 2.42 bits per heavy atom. The highest BCUT2D eigenvalue weighted by molar-refractivity contribution is 9.10. The Kier molecular flexibility index (Phi) is 4.66. The van der Waals surface area contributed by atoms with Gasteiger partial charge in [0.2, 0.25) is 0 Å². The van der Waals surface area contributed by atoms with Crippen molar-refractivity contribution in [3.8, 4) is 0 Å². The van der Waals surface area contributed by atoms with Crippen LogP contribution in [0.4, 0.5) is 8.78 Å². The highest BCUT2D eigenvalue weighted by Crippen LogP contribution is 2.17. The van der Waals surface area contributed by atoms with E-state index in [0.29, 0.717) is 12.1 Å². The van der Waals surface area contributed by atoms with Crippen LogP contribution >= 0.6 is 15.9 Å². The molecule has 0 aromatic heterocycles. The van der Waals surface area contributed by atoms with Gasteiger partial charge in [0.05, 0.1) is 0 Å². The second kappa shape index (κ2) is 6.26. The van der Waals surface area contributed by atoms with Gasteiger partial charge < -0.3 is 5.32 Å². The third kappa shape index (κ3) is 3.85. The second-order valence-corrected chi connectivity index (χ2v) is 5.31. The molecule has 1 N–H and O–H groups in total. The molecule has 4 heteroatoms. The Morgan fingerprint density at radius 2 is 1.79 bits per heavy atom. The minimum atomic E-state index is -0.255. The van der Waals surface area contributed by atoms with Crippen LogP contribution in [0.1, 0.15) is 24.1 Å². The van der Waals surface area contributed by atoms with Gasteiger partial charge in [-0.3, -0.25) is 0 Å². The average molecular weight is 326 g/mol. The zero-order valence-electron chi connectivity index (χ0n) is 10.5. The maximum absolute atomic E-state index is 13.6. The second-order valence-electron chi connectivity index (χ2n) is 4.39. The minimum absolute atomic E-state index is 0.0312. The molecule has 0 saturated heterocycles. The summed E-state index contributed by atoms with van der Waals surface area (Å²) in [5.41, 5.74) is 1.58. The van der Waals surface area contributed by atoms with E-state index in [2.05, 4.69) is 21.2 Å². The number of rotatable bonds is 4. The van der Waals surface area contributed by atoms with E-state index in [9.17, 15) is 8.78 Å². The summed E-state index contributed by atoms with van der Waals surface area (Å²) < 4.78 is 27.2. The number of nitrogens with one attached hydrogen (secondary N) is 1. The van der Waals surface area contributed by atoms with E-state index in [1.54, 1.807) is 18.2 Å².